The molecule has 0 saturated carbocycles. The summed E-state index contributed by atoms with van der Waals surface area (Å²) in [4.78, 5) is 22.8. The van der Waals surface area contributed by atoms with E-state index in [0.717, 1.165) is 0 Å². The molecule has 3 aromatic heterocycles. The fourth-order valence-corrected chi connectivity index (χ4v) is 4.55. The van der Waals surface area contributed by atoms with E-state index in [2.05, 4.69) is 9.97 Å². The lowest BCUT2D eigenvalue weighted by atomic mass is 10.1. The van der Waals surface area contributed by atoms with E-state index >= 15 is 0 Å². The molecule has 0 bridgehead atoms. The molecule has 1 aliphatic heterocycles. The van der Waals surface area contributed by atoms with Crippen molar-refractivity contribution in [1.82, 2.24) is 24.1 Å². The molecule has 1 saturated heterocycles. The van der Waals surface area contributed by atoms with Crippen LogP contribution in [0, 0.1) is 0 Å². The van der Waals surface area contributed by atoms with Crippen molar-refractivity contribution in [2.45, 2.75) is 31.7 Å². The maximum absolute atomic E-state index is 13.8. The van der Waals surface area contributed by atoms with Gasteiger partial charge in [0, 0.05) is 31.6 Å². The van der Waals surface area contributed by atoms with Gasteiger partial charge in [0.05, 0.1) is 18.3 Å². The van der Waals surface area contributed by atoms with E-state index in [1.54, 1.807) is 36.5 Å². The van der Waals surface area contributed by atoms with Crippen LogP contribution in [-0.2, 0) is 17.5 Å². The maximum Gasteiger partial charge on any atom is 0.421 e. The van der Waals surface area contributed by atoms with Crippen molar-refractivity contribution >= 4 is 17.3 Å². The molecule has 0 radical (unpaired) electrons. The van der Waals surface area contributed by atoms with Crippen molar-refractivity contribution in [3.05, 3.63) is 76.1 Å². The number of nitrogens with zero attached hydrogens (tertiary/aromatic N) is 6. The summed E-state index contributed by atoms with van der Waals surface area (Å²) in [6.07, 6.45) is -1.29. The molecule has 35 heavy (non-hydrogen) atoms. The Balaban J connectivity index is 1.74. The summed E-state index contributed by atoms with van der Waals surface area (Å²) in [5.74, 6) is -0.290. The van der Waals surface area contributed by atoms with Crippen molar-refractivity contribution in [2.24, 2.45) is 0 Å². The highest BCUT2D eigenvalue weighted by Gasteiger charge is 2.41. The van der Waals surface area contributed by atoms with Gasteiger partial charge in [0.25, 0.3) is 5.56 Å². The third-order valence-corrected chi connectivity index (χ3v) is 6.02. The van der Waals surface area contributed by atoms with Gasteiger partial charge in [0.2, 0.25) is 5.95 Å². The molecule has 4 heterocycles. The predicted molar refractivity (Wildman–Crippen MR) is 122 cm³/mol. The number of nitrogens with two attached hydrogens (primary N) is 1. The Morgan fingerprint density at radius 2 is 1.97 bits per heavy atom. The van der Waals surface area contributed by atoms with Crippen LogP contribution in [0.15, 0.2) is 53.6 Å². The number of hydrogen-bond donors (Lipinski definition) is 1. The third kappa shape index (κ3) is 3.99. The number of ether oxygens (including phenoxy) is 1. The van der Waals surface area contributed by atoms with E-state index < -0.39 is 17.8 Å². The quantitative estimate of drug-likeness (QED) is 0.462. The van der Waals surface area contributed by atoms with Crippen LogP contribution in [0.3, 0.4) is 0 Å². The number of benzene rings is 1. The fraction of sp³-hybridized carbons (Fsp3) is 0.304. The second-order valence-corrected chi connectivity index (χ2v) is 8.22. The lowest BCUT2D eigenvalue weighted by Crippen LogP contribution is -2.34. The third-order valence-electron chi connectivity index (χ3n) is 6.02. The first kappa shape index (κ1) is 22.8. The summed E-state index contributed by atoms with van der Waals surface area (Å²) >= 11 is 0. The van der Waals surface area contributed by atoms with Crippen molar-refractivity contribution in [3.63, 3.8) is 0 Å². The first-order valence-electron chi connectivity index (χ1n) is 10.9. The van der Waals surface area contributed by atoms with Crippen LogP contribution in [0.4, 0.5) is 24.9 Å². The number of aromatic nitrogens is 5. The Kier molecular flexibility index (Phi) is 5.67. The molecule has 0 spiro atoms. The maximum atomic E-state index is 13.8. The number of para-hydroxylation sites is 1. The van der Waals surface area contributed by atoms with Crippen LogP contribution in [-0.4, -0.2) is 37.8 Å². The monoisotopic (exact) mass is 485 g/mol. The van der Waals surface area contributed by atoms with Crippen molar-refractivity contribution in [3.8, 4) is 5.69 Å². The minimum Gasteiger partial charge on any atom is -0.380 e. The average Bonchev–Trinajstić information content (AvgIpc) is 3.46. The summed E-state index contributed by atoms with van der Waals surface area (Å²) in [5, 5.41) is 4.71. The number of nitrogen functional groups attached to an aromatic ring is 1. The highest BCUT2D eigenvalue weighted by molar-refractivity contribution is 5.56. The Morgan fingerprint density at radius 1 is 1.20 bits per heavy atom. The molecule has 1 aromatic carbocycles. The lowest BCUT2D eigenvalue weighted by molar-refractivity contribution is -0.137. The number of hydrogen-bond acceptors (Lipinski definition) is 7. The molecule has 0 aliphatic carbocycles. The molecular weight excluding hydrogens is 463 g/mol. The second kappa shape index (κ2) is 8.69. The summed E-state index contributed by atoms with van der Waals surface area (Å²) in [6, 6.07) is 9.97. The number of fused-ring (bicyclic) bond motifs is 1. The van der Waals surface area contributed by atoms with Gasteiger partial charge in [0.15, 0.2) is 5.82 Å². The Labute approximate surface area is 197 Å². The van der Waals surface area contributed by atoms with Gasteiger partial charge in [-0.25, -0.2) is 9.50 Å². The Hall–Kier alpha value is -3.93. The number of alkyl halides is 3. The van der Waals surface area contributed by atoms with Crippen LogP contribution < -0.4 is 16.2 Å². The largest absolute Gasteiger partial charge is 0.421 e. The Bertz CT molecular complexity index is 1430. The number of rotatable bonds is 5. The molecule has 5 rings (SSSR count). The van der Waals surface area contributed by atoms with Crippen LogP contribution in [0.25, 0.3) is 11.2 Å². The highest BCUT2D eigenvalue weighted by Crippen LogP contribution is 2.41. The summed E-state index contributed by atoms with van der Waals surface area (Å²) in [5.41, 5.74) is 5.89. The van der Waals surface area contributed by atoms with E-state index in [-0.39, 0.29) is 30.5 Å². The summed E-state index contributed by atoms with van der Waals surface area (Å²) in [7, 11) is 1.53. The molecule has 9 nitrogen and oxygen atoms in total. The van der Waals surface area contributed by atoms with Gasteiger partial charge in [-0.3, -0.25) is 9.36 Å². The molecule has 1 aliphatic rings. The minimum atomic E-state index is -4.68. The number of methoxy groups -OCH3 is 1. The normalized spacial score (nSPS) is 16.3. The van der Waals surface area contributed by atoms with Gasteiger partial charge >= 0.3 is 6.18 Å². The zero-order valence-corrected chi connectivity index (χ0v) is 18.7. The summed E-state index contributed by atoms with van der Waals surface area (Å²) < 4.78 is 49.6. The molecule has 4 aromatic rings. The fourth-order valence-electron chi connectivity index (χ4n) is 4.55. The number of anilines is 2. The molecule has 12 heteroatoms. The zero-order valence-electron chi connectivity index (χ0n) is 18.7. The standard InChI is InChI=1S/C23H22F3N7O2/c1-35-13-14-9-11-32-18(14)21(34)33(15-6-3-2-4-7-15)20(30-32)17-8-5-10-31(17)19-16(23(24,25)26)12-28-22(27)29-19/h2-4,6-7,9,11-12,17H,5,8,10,13H2,1H3,(H2,27,28,29)/t17-/m0/s1. The molecule has 0 unspecified atom stereocenters. The van der Waals surface area contributed by atoms with E-state index in [1.165, 1.54) is 21.1 Å². The van der Waals surface area contributed by atoms with Crippen LogP contribution in [0.1, 0.15) is 35.8 Å². The smallest absolute Gasteiger partial charge is 0.380 e. The molecule has 182 valence electrons. The zero-order chi connectivity index (χ0) is 24.7. The topological polar surface area (TPSA) is 104 Å². The minimum absolute atomic E-state index is 0.215. The van der Waals surface area contributed by atoms with Gasteiger partial charge < -0.3 is 15.4 Å². The van der Waals surface area contributed by atoms with E-state index in [4.69, 9.17) is 15.6 Å². The molecule has 1 fully saturated rings. The SMILES string of the molecule is COCc1ccn2nc([C@@H]3CCCN3c3nc(N)ncc3C(F)(F)F)n(-c3ccccc3)c(=O)c12. The second-order valence-electron chi connectivity index (χ2n) is 8.22. The molecule has 1 atom stereocenters. The average molecular weight is 485 g/mol. The van der Waals surface area contributed by atoms with Gasteiger partial charge in [-0.15, -0.1) is 0 Å². The number of halogens is 3. The van der Waals surface area contributed by atoms with Crippen molar-refractivity contribution in [2.75, 3.05) is 24.3 Å². The van der Waals surface area contributed by atoms with E-state index in [0.29, 0.717) is 41.6 Å². The Morgan fingerprint density at radius 3 is 2.69 bits per heavy atom. The molecular formula is C23H22F3N7O2. The van der Waals surface area contributed by atoms with Crippen LogP contribution in [0.2, 0.25) is 0 Å². The lowest BCUT2D eigenvalue weighted by Gasteiger charge is -2.29. The molecule has 0 amide bonds. The van der Waals surface area contributed by atoms with Crippen LogP contribution in [0.5, 0.6) is 0 Å². The highest BCUT2D eigenvalue weighted by atomic mass is 19.4. The van der Waals surface area contributed by atoms with Gasteiger partial charge in [-0.05, 0) is 31.0 Å². The van der Waals surface area contributed by atoms with Crippen LogP contribution >= 0.6 is 0 Å². The first-order chi connectivity index (χ1) is 16.8. The van der Waals surface area contributed by atoms with Gasteiger partial charge in [0.1, 0.15) is 16.9 Å². The van der Waals surface area contributed by atoms with Crippen molar-refractivity contribution < 1.29 is 17.9 Å². The van der Waals surface area contributed by atoms with E-state index in [1.807, 2.05) is 6.07 Å². The first-order valence-corrected chi connectivity index (χ1v) is 10.9. The summed E-state index contributed by atoms with van der Waals surface area (Å²) in [6.45, 7) is 0.500. The van der Waals surface area contributed by atoms with Crippen molar-refractivity contribution in [1.29, 1.82) is 0 Å². The van der Waals surface area contributed by atoms with Gasteiger partial charge in [-0.2, -0.15) is 23.3 Å². The van der Waals surface area contributed by atoms with E-state index in [9.17, 15) is 18.0 Å². The predicted octanol–water partition coefficient (Wildman–Crippen LogP) is 3.36. The van der Waals surface area contributed by atoms with Gasteiger partial charge in [-0.1, -0.05) is 18.2 Å². The molecule has 2 N–H and O–H groups in total.